The van der Waals surface area contributed by atoms with Crippen LogP contribution in [0.1, 0.15) is 15.9 Å². The lowest BCUT2D eigenvalue weighted by molar-refractivity contribution is 0.103. The maximum atomic E-state index is 12.5. The normalized spacial score (nSPS) is 11.0. The highest BCUT2D eigenvalue weighted by Gasteiger charge is 2.23. The van der Waals surface area contributed by atoms with Gasteiger partial charge in [-0.15, -0.1) is 4.40 Å². The first-order valence-corrected chi connectivity index (χ1v) is 7.88. The van der Waals surface area contributed by atoms with Crippen LogP contribution in [0.25, 0.3) is 0 Å². The van der Waals surface area contributed by atoms with E-state index in [0.717, 1.165) is 0 Å². The standard InChI is InChI=1S/C14H12ClN3O3S/c15-10-6-7-12(22(20,21)18-14(16)17)11(8-10)13(19)9-4-2-1-3-5-9/h1-8H,(H4,16,17,18). The minimum Gasteiger partial charge on any atom is -0.369 e. The van der Waals surface area contributed by atoms with Crippen molar-refractivity contribution in [2.45, 2.75) is 4.90 Å². The van der Waals surface area contributed by atoms with Crippen molar-refractivity contribution >= 4 is 33.4 Å². The summed E-state index contributed by atoms with van der Waals surface area (Å²) in [5, 5.41) is 0.225. The molecule has 8 heteroatoms. The van der Waals surface area contributed by atoms with Crippen molar-refractivity contribution in [1.29, 1.82) is 0 Å². The topological polar surface area (TPSA) is 116 Å². The molecule has 22 heavy (non-hydrogen) atoms. The van der Waals surface area contributed by atoms with Crippen LogP contribution in [-0.4, -0.2) is 20.2 Å². The van der Waals surface area contributed by atoms with E-state index in [1.807, 2.05) is 0 Å². The molecule has 0 fully saturated rings. The number of ketones is 1. The number of benzene rings is 2. The molecule has 2 rings (SSSR count). The first-order valence-electron chi connectivity index (χ1n) is 6.06. The number of nitrogens with zero attached hydrogens (tertiary/aromatic N) is 1. The Labute approximate surface area is 132 Å². The predicted molar refractivity (Wildman–Crippen MR) is 84.3 cm³/mol. The Kier molecular flexibility index (Phi) is 4.48. The van der Waals surface area contributed by atoms with Crippen LogP contribution in [0.4, 0.5) is 0 Å². The molecule has 0 spiro atoms. The summed E-state index contributed by atoms with van der Waals surface area (Å²) in [5.74, 6) is -1.11. The van der Waals surface area contributed by atoms with Crippen molar-refractivity contribution < 1.29 is 13.2 Å². The number of sulfonamides is 1. The fourth-order valence-electron chi connectivity index (χ4n) is 1.84. The first-order chi connectivity index (χ1) is 10.3. The first kappa shape index (κ1) is 16.0. The lowest BCUT2D eigenvalue weighted by Crippen LogP contribution is -2.24. The summed E-state index contributed by atoms with van der Waals surface area (Å²) >= 11 is 5.87. The Balaban J connectivity index is 2.64. The van der Waals surface area contributed by atoms with Crippen LogP contribution in [0.2, 0.25) is 5.02 Å². The number of hydrogen-bond acceptors (Lipinski definition) is 3. The predicted octanol–water partition coefficient (Wildman–Crippen LogP) is 1.53. The summed E-state index contributed by atoms with van der Waals surface area (Å²) in [5.41, 5.74) is 10.5. The van der Waals surface area contributed by atoms with Crippen LogP contribution < -0.4 is 11.5 Å². The van der Waals surface area contributed by atoms with Gasteiger partial charge in [-0.25, -0.2) is 0 Å². The van der Waals surface area contributed by atoms with Gasteiger partial charge in [0.1, 0.15) is 4.90 Å². The second kappa shape index (κ2) is 6.17. The quantitative estimate of drug-likeness (QED) is 0.498. The van der Waals surface area contributed by atoms with Gasteiger partial charge in [0.15, 0.2) is 5.78 Å². The van der Waals surface area contributed by atoms with E-state index in [-0.39, 0.29) is 15.5 Å². The molecule has 0 saturated carbocycles. The van der Waals surface area contributed by atoms with Gasteiger partial charge in [-0.3, -0.25) is 4.79 Å². The molecule has 0 unspecified atom stereocenters. The Hall–Kier alpha value is -2.38. The maximum absolute atomic E-state index is 12.5. The summed E-state index contributed by atoms with van der Waals surface area (Å²) in [6, 6.07) is 12.0. The van der Waals surface area contributed by atoms with E-state index in [0.29, 0.717) is 5.56 Å². The average Bonchev–Trinajstić information content (AvgIpc) is 2.45. The second-order valence-electron chi connectivity index (χ2n) is 4.33. The summed E-state index contributed by atoms with van der Waals surface area (Å²) < 4.78 is 27.5. The maximum Gasteiger partial charge on any atom is 0.286 e. The van der Waals surface area contributed by atoms with Gasteiger partial charge in [-0.1, -0.05) is 41.9 Å². The van der Waals surface area contributed by atoms with E-state index in [1.165, 1.54) is 18.2 Å². The molecule has 0 heterocycles. The molecule has 0 saturated heterocycles. The van der Waals surface area contributed by atoms with Crippen molar-refractivity contribution in [2.24, 2.45) is 15.9 Å². The molecule has 0 aromatic heterocycles. The molecule has 114 valence electrons. The zero-order valence-corrected chi connectivity index (χ0v) is 12.8. The molecule has 0 aliphatic rings. The fraction of sp³-hybridized carbons (Fsp3) is 0. The third-order valence-corrected chi connectivity index (χ3v) is 4.32. The molecular formula is C14H12ClN3O3S. The van der Waals surface area contributed by atoms with Crippen LogP contribution in [0, 0.1) is 0 Å². The van der Waals surface area contributed by atoms with Crippen LogP contribution in [0.15, 0.2) is 57.8 Å². The van der Waals surface area contributed by atoms with Gasteiger partial charge < -0.3 is 11.5 Å². The van der Waals surface area contributed by atoms with Crippen LogP contribution >= 0.6 is 11.6 Å². The molecule has 0 amide bonds. The van der Waals surface area contributed by atoms with Crippen molar-refractivity contribution in [3.05, 3.63) is 64.7 Å². The molecular weight excluding hydrogens is 326 g/mol. The van der Waals surface area contributed by atoms with Crippen molar-refractivity contribution in [3.8, 4) is 0 Å². The van der Waals surface area contributed by atoms with Gasteiger partial charge in [0.25, 0.3) is 10.0 Å². The lowest BCUT2D eigenvalue weighted by Gasteiger charge is -2.08. The van der Waals surface area contributed by atoms with Gasteiger partial charge in [0.05, 0.1) is 0 Å². The van der Waals surface area contributed by atoms with Crippen LogP contribution in [-0.2, 0) is 10.0 Å². The highest BCUT2D eigenvalue weighted by Crippen LogP contribution is 2.24. The molecule has 0 aliphatic heterocycles. The minimum absolute atomic E-state index is 0.0938. The average molecular weight is 338 g/mol. The van der Waals surface area contributed by atoms with Crippen molar-refractivity contribution in [1.82, 2.24) is 0 Å². The van der Waals surface area contributed by atoms with Crippen LogP contribution in [0.5, 0.6) is 0 Å². The van der Waals surface area contributed by atoms with E-state index < -0.39 is 21.8 Å². The second-order valence-corrected chi connectivity index (χ2v) is 6.34. The summed E-state index contributed by atoms with van der Waals surface area (Å²) in [6.45, 7) is 0. The van der Waals surface area contributed by atoms with Gasteiger partial charge in [-0.05, 0) is 18.2 Å². The number of rotatable bonds is 4. The molecule has 0 atom stereocenters. The lowest BCUT2D eigenvalue weighted by atomic mass is 10.0. The van der Waals surface area contributed by atoms with E-state index in [4.69, 9.17) is 23.1 Å². The number of carbonyl (C=O) groups is 1. The Morgan fingerprint density at radius 3 is 2.27 bits per heavy atom. The monoisotopic (exact) mass is 337 g/mol. The third kappa shape index (κ3) is 3.44. The Morgan fingerprint density at radius 1 is 1.05 bits per heavy atom. The molecule has 6 nitrogen and oxygen atoms in total. The summed E-state index contributed by atoms with van der Waals surface area (Å²) in [7, 11) is -4.20. The smallest absolute Gasteiger partial charge is 0.286 e. The van der Waals surface area contributed by atoms with E-state index in [1.54, 1.807) is 30.3 Å². The SMILES string of the molecule is NC(N)=NS(=O)(=O)c1ccc(Cl)cc1C(=O)c1ccccc1. The van der Waals surface area contributed by atoms with Gasteiger partial charge in [-0.2, -0.15) is 8.42 Å². The number of nitrogens with two attached hydrogens (primary N) is 2. The zero-order chi connectivity index (χ0) is 16.3. The van der Waals surface area contributed by atoms with Crippen molar-refractivity contribution in [3.63, 3.8) is 0 Å². The molecule has 2 aromatic rings. The zero-order valence-electron chi connectivity index (χ0n) is 11.2. The number of guanidine groups is 1. The van der Waals surface area contributed by atoms with Gasteiger partial charge in [0.2, 0.25) is 5.96 Å². The molecule has 0 aliphatic carbocycles. The highest BCUT2D eigenvalue weighted by atomic mass is 35.5. The number of carbonyl (C=O) groups excluding carboxylic acids is 1. The Bertz CT molecular complexity index is 845. The third-order valence-electron chi connectivity index (χ3n) is 2.73. The largest absolute Gasteiger partial charge is 0.369 e. The highest BCUT2D eigenvalue weighted by molar-refractivity contribution is 7.90. The van der Waals surface area contributed by atoms with Gasteiger partial charge in [0, 0.05) is 16.1 Å². The summed E-state index contributed by atoms with van der Waals surface area (Å²) in [6.07, 6.45) is 0. The van der Waals surface area contributed by atoms with E-state index in [9.17, 15) is 13.2 Å². The van der Waals surface area contributed by atoms with E-state index in [2.05, 4.69) is 4.40 Å². The number of hydrogen-bond donors (Lipinski definition) is 2. The molecule has 4 N–H and O–H groups in total. The van der Waals surface area contributed by atoms with E-state index >= 15 is 0 Å². The Morgan fingerprint density at radius 2 is 1.68 bits per heavy atom. The van der Waals surface area contributed by atoms with Crippen LogP contribution in [0.3, 0.4) is 0 Å². The minimum atomic E-state index is -4.20. The van der Waals surface area contributed by atoms with Gasteiger partial charge >= 0.3 is 0 Å². The fourth-order valence-corrected chi connectivity index (χ4v) is 3.06. The molecule has 0 bridgehead atoms. The number of halogens is 1. The summed E-state index contributed by atoms with van der Waals surface area (Å²) in [4.78, 5) is 12.2. The van der Waals surface area contributed by atoms with Crippen molar-refractivity contribution in [2.75, 3.05) is 0 Å². The molecule has 0 radical (unpaired) electrons. The molecule has 2 aromatic carbocycles.